The summed E-state index contributed by atoms with van der Waals surface area (Å²) in [5.41, 5.74) is 0.989. The van der Waals surface area contributed by atoms with Crippen molar-refractivity contribution in [2.75, 3.05) is 19.8 Å². The first kappa shape index (κ1) is 17.2. The standard InChI is InChI=1S/C18H22N4O3/c1-21-10-9-19-16(21)7-8-20-18(24)15-12-25-13-17(23)22(15)11-14-5-3-2-4-6-14/h2-6,9-10,15H,7-8,11-13H2,1H3,(H,20,24). The summed E-state index contributed by atoms with van der Waals surface area (Å²) in [4.78, 5) is 30.6. The van der Waals surface area contributed by atoms with Crippen LogP contribution in [0.5, 0.6) is 0 Å². The average Bonchev–Trinajstić information content (AvgIpc) is 3.02. The molecule has 0 saturated carbocycles. The fraction of sp³-hybridized carbons (Fsp3) is 0.389. The monoisotopic (exact) mass is 342 g/mol. The molecule has 0 bridgehead atoms. The molecule has 1 N–H and O–H groups in total. The van der Waals surface area contributed by atoms with Crippen LogP contribution in [-0.2, 0) is 34.3 Å². The Bertz CT molecular complexity index is 729. The number of amides is 2. The molecule has 3 rings (SSSR count). The minimum absolute atomic E-state index is 0.0177. The summed E-state index contributed by atoms with van der Waals surface area (Å²) >= 11 is 0. The molecule has 1 aromatic carbocycles. The highest BCUT2D eigenvalue weighted by atomic mass is 16.5. The Labute approximate surface area is 146 Å². The molecular formula is C18H22N4O3. The van der Waals surface area contributed by atoms with E-state index in [-0.39, 0.29) is 25.0 Å². The molecule has 2 aromatic rings. The van der Waals surface area contributed by atoms with Crippen molar-refractivity contribution in [3.05, 3.63) is 54.1 Å². The van der Waals surface area contributed by atoms with E-state index in [0.717, 1.165) is 11.4 Å². The van der Waals surface area contributed by atoms with Crippen molar-refractivity contribution in [2.45, 2.75) is 19.0 Å². The molecule has 25 heavy (non-hydrogen) atoms. The quantitative estimate of drug-likeness (QED) is 0.830. The first-order chi connectivity index (χ1) is 12.1. The highest BCUT2D eigenvalue weighted by Gasteiger charge is 2.33. The SMILES string of the molecule is Cn1ccnc1CCNC(=O)C1COCC(=O)N1Cc1ccccc1. The summed E-state index contributed by atoms with van der Waals surface area (Å²) < 4.78 is 7.20. The van der Waals surface area contributed by atoms with Crippen molar-refractivity contribution in [3.8, 4) is 0 Å². The molecule has 1 aromatic heterocycles. The summed E-state index contributed by atoms with van der Waals surface area (Å²) in [6, 6.07) is 9.04. The predicted octanol–water partition coefficient (Wildman–Crippen LogP) is 0.506. The topological polar surface area (TPSA) is 76.5 Å². The van der Waals surface area contributed by atoms with E-state index < -0.39 is 6.04 Å². The maximum atomic E-state index is 12.5. The van der Waals surface area contributed by atoms with Crippen LogP contribution in [0.1, 0.15) is 11.4 Å². The van der Waals surface area contributed by atoms with Gasteiger partial charge in [0.05, 0.1) is 6.61 Å². The van der Waals surface area contributed by atoms with Crippen LogP contribution in [0.15, 0.2) is 42.7 Å². The fourth-order valence-corrected chi connectivity index (χ4v) is 2.85. The third-order valence-corrected chi connectivity index (χ3v) is 4.27. The number of nitrogens with zero attached hydrogens (tertiary/aromatic N) is 3. The van der Waals surface area contributed by atoms with Crippen molar-refractivity contribution < 1.29 is 14.3 Å². The lowest BCUT2D eigenvalue weighted by Crippen LogP contribution is -2.56. The molecule has 0 radical (unpaired) electrons. The third-order valence-electron chi connectivity index (χ3n) is 4.27. The van der Waals surface area contributed by atoms with Crippen molar-refractivity contribution in [1.82, 2.24) is 19.8 Å². The van der Waals surface area contributed by atoms with Crippen LogP contribution < -0.4 is 5.32 Å². The van der Waals surface area contributed by atoms with E-state index in [0.29, 0.717) is 19.5 Å². The van der Waals surface area contributed by atoms with Crippen molar-refractivity contribution in [3.63, 3.8) is 0 Å². The molecule has 1 aliphatic heterocycles. The number of carbonyl (C=O) groups is 2. The Hall–Kier alpha value is -2.67. The van der Waals surface area contributed by atoms with Gasteiger partial charge in [0.1, 0.15) is 18.5 Å². The minimum Gasteiger partial charge on any atom is -0.369 e. The van der Waals surface area contributed by atoms with Gasteiger partial charge in [-0.15, -0.1) is 0 Å². The second kappa shape index (κ2) is 7.94. The zero-order chi connectivity index (χ0) is 17.6. The van der Waals surface area contributed by atoms with Gasteiger partial charge >= 0.3 is 0 Å². The summed E-state index contributed by atoms with van der Waals surface area (Å²) in [5, 5.41) is 2.89. The number of hydrogen-bond acceptors (Lipinski definition) is 4. The van der Waals surface area contributed by atoms with E-state index in [4.69, 9.17) is 4.74 Å². The number of carbonyl (C=O) groups excluding carboxylic acids is 2. The molecule has 2 amide bonds. The lowest BCUT2D eigenvalue weighted by atomic mass is 10.1. The van der Waals surface area contributed by atoms with Gasteiger partial charge < -0.3 is 19.5 Å². The molecule has 1 saturated heterocycles. The number of nitrogens with one attached hydrogen (secondary N) is 1. The van der Waals surface area contributed by atoms with Gasteiger partial charge in [-0.2, -0.15) is 0 Å². The first-order valence-electron chi connectivity index (χ1n) is 8.30. The normalized spacial score (nSPS) is 17.6. The van der Waals surface area contributed by atoms with Crippen LogP contribution in [-0.4, -0.2) is 52.1 Å². The Balaban J connectivity index is 1.60. The van der Waals surface area contributed by atoms with Crippen LogP contribution >= 0.6 is 0 Å². The van der Waals surface area contributed by atoms with E-state index in [1.807, 2.05) is 48.1 Å². The zero-order valence-corrected chi connectivity index (χ0v) is 14.2. The molecule has 1 unspecified atom stereocenters. The van der Waals surface area contributed by atoms with Gasteiger partial charge in [0, 0.05) is 39.0 Å². The van der Waals surface area contributed by atoms with Gasteiger partial charge in [-0.1, -0.05) is 30.3 Å². The van der Waals surface area contributed by atoms with Crippen LogP contribution in [0.4, 0.5) is 0 Å². The van der Waals surface area contributed by atoms with Gasteiger partial charge in [0.15, 0.2) is 0 Å². The second-order valence-corrected chi connectivity index (χ2v) is 6.03. The third kappa shape index (κ3) is 4.24. The lowest BCUT2D eigenvalue weighted by Gasteiger charge is -2.34. The summed E-state index contributed by atoms with van der Waals surface area (Å²) in [5.74, 6) is 0.537. The van der Waals surface area contributed by atoms with Crippen molar-refractivity contribution in [1.29, 1.82) is 0 Å². The van der Waals surface area contributed by atoms with Crippen LogP contribution in [0.2, 0.25) is 0 Å². The molecular weight excluding hydrogens is 320 g/mol. The number of ether oxygens (including phenoxy) is 1. The number of aromatic nitrogens is 2. The van der Waals surface area contributed by atoms with E-state index in [9.17, 15) is 9.59 Å². The maximum absolute atomic E-state index is 12.5. The van der Waals surface area contributed by atoms with Crippen LogP contribution in [0.3, 0.4) is 0 Å². The highest BCUT2D eigenvalue weighted by molar-refractivity contribution is 5.89. The van der Waals surface area contributed by atoms with Gasteiger partial charge in [0.25, 0.3) is 0 Å². The lowest BCUT2D eigenvalue weighted by molar-refractivity contribution is -0.155. The molecule has 0 aliphatic carbocycles. The maximum Gasteiger partial charge on any atom is 0.249 e. The van der Waals surface area contributed by atoms with E-state index in [1.54, 1.807) is 11.1 Å². The van der Waals surface area contributed by atoms with Gasteiger partial charge in [-0.05, 0) is 5.56 Å². The van der Waals surface area contributed by atoms with E-state index >= 15 is 0 Å². The summed E-state index contributed by atoms with van der Waals surface area (Å²) in [6.45, 7) is 1.10. The van der Waals surface area contributed by atoms with E-state index in [2.05, 4.69) is 10.3 Å². The number of imidazole rings is 1. The molecule has 2 heterocycles. The number of rotatable bonds is 6. The summed E-state index contributed by atoms with van der Waals surface area (Å²) in [6.07, 6.45) is 4.23. The Morgan fingerprint density at radius 3 is 2.88 bits per heavy atom. The van der Waals surface area contributed by atoms with Gasteiger partial charge in [-0.25, -0.2) is 4.98 Å². The Morgan fingerprint density at radius 1 is 1.36 bits per heavy atom. The first-order valence-corrected chi connectivity index (χ1v) is 8.30. The van der Waals surface area contributed by atoms with Gasteiger partial charge in [-0.3, -0.25) is 9.59 Å². The van der Waals surface area contributed by atoms with Crippen LogP contribution in [0, 0.1) is 0 Å². The van der Waals surface area contributed by atoms with Crippen LogP contribution in [0.25, 0.3) is 0 Å². The number of benzene rings is 1. The van der Waals surface area contributed by atoms with Crippen molar-refractivity contribution >= 4 is 11.8 Å². The van der Waals surface area contributed by atoms with Gasteiger partial charge in [0.2, 0.25) is 11.8 Å². The molecule has 7 heteroatoms. The molecule has 1 atom stereocenters. The molecule has 1 fully saturated rings. The second-order valence-electron chi connectivity index (χ2n) is 6.03. The molecule has 132 valence electrons. The Kier molecular flexibility index (Phi) is 5.45. The molecule has 1 aliphatic rings. The van der Waals surface area contributed by atoms with Crippen molar-refractivity contribution in [2.24, 2.45) is 7.05 Å². The average molecular weight is 342 g/mol. The fourth-order valence-electron chi connectivity index (χ4n) is 2.85. The number of hydrogen-bond donors (Lipinski definition) is 1. The number of morpholine rings is 1. The Morgan fingerprint density at radius 2 is 2.16 bits per heavy atom. The molecule has 7 nitrogen and oxygen atoms in total. The molecule has 0 spiro atoms. The minimum atomic E-state index is -0.608. The number of aryl methyl sites for hydroxylation is 1. The predicted molar refractivity (Wildman–Crippen MR) is 91.5 cm³/mol. The smallest absolute Gasteiger partial charge is 0.249 e. The largest absolute Gasteiger partial charge is 0.369 e. The zero-order valence-electron chi connectivity index (χ0n) is 14.2. The highest BCUT2D eigenvalue weighted by Crippen LogP contribution is 2.13. The summed E-state index contributed by atoms with van der Waals surface area (Å²) in [7, 11) is 1.92. The van der Waals surface area contributed by atoms with E-state index in [1.165, 1.54) is 0 Å².